The van der Waals surface area contributed by atoms with Gasteiger partial charge in [0.25, 0.3) is 0 Å². The van der Waals surface area contributed by atoms with Gasteiger partial charge >= 0.3 is 0 Å². The SMILES string of the molecule is CCC(=O)CN1CCN(c2ccc(N3CCOCC3)cc2C2CC=C(CC)CC2)CC1.Cl. The van der Waals surface area contributed by atoms with Gasteiger partial charge in [0.1, 0.15) is 5.78 Å². The van der Waals surface area contributed by atoms with Gasteiger partial charge in [-0.1, -0.05) is 25.5 Å². The van der Waals surface area contributed by atoms with Crippen LogP contribution in [0.2, 0.25) is 0 Å². The van der Waals surface area contributed by atoms with Gasteiger partial charge in [-0.05, 0) is 55.4 Å². The van der Waals surface area contributed by atoms with Crippen LogP contribution >= 0.6 is 12.4 Å². The number of carbonyl (C=O) groups is 1. The number of hydrogen-bond donors (Lipinski definition) is 0. The van der Waals surface area contributed by atoms with Crippen molar-refractivity contribution in [3.05, 3.63) is 35.4 Å². The number of ether oxygens (including phenoxy) is 1. The fraction of sp³-hybridized carbons (Fsp3) is 0.654. The highest BCUT2D eigenvalue weighted by atomic mass is 35.5. The number of nitrogens with zero attached hydrogens (tertiary/aromatic N) is 3. The van der Waals surface area contributed by atoms with Crippen LogP contribution < -0.4 is 9.80 Å². The molecular weight excluding hydrogens is 422 g/mol. The number of carbonyl (C=O) groups excluding carboxylic acids is 1. The fourth-order valence-electron chi connectivity index (χ4n) is 5.18. The average molecular weight is 462 g/mol. The maximum atomic E-state index is 11.9. The fourth-order valence-corrected chi connectivity index (χ4v) is 5.18. The third-order valence-electron chi connectivity index (χ3n) is 7.29. The number of hydrogen-bond acceptors (Lipinski definition) is 5. The molecule has 3 aliphatic rings. The van der Waals surface area contributed by atoms with E-state index in [1.807, 2.05) is 6.92 Å². The van der Waals surface area contributed by atoms with Crippen LogP contribution in [0.15, 0.2) is 29.8 Å². The van der Waals surface area contributed by atoms with E-state index >= 15 is 0 Å². The number of halogens is 1. The predicted octanol–water partition coefficient (Wildman–Crippen LogP) is 4.65. The van der Waals surface area contributed by atoms with Gasteiger partial charge in [-0.2, -0.15) is 0 Å². The molecule has 1 atom stereocenters. The number of rotatable bonds is 7. The van der Waals surface area contributed by atoms with Crippen molar-refractivity contribution in [1.29, 1.82) is 0 Å². The summed E-state index contributed by atoms with van der Waals surface area (Å²) in [6.45, 7) is 12.4. The van der Waals surface area contributed by atoms with Crippen molar-refractivity contribution in [3.8, 4) is 0 Å². The quantitative estimate of drug-likeness (QED) is 0.552. The van der Waals surface area contributed by atoms with Crippen molar-refractivity contribution < 1.29 is 9.53 Å². The van der Waals surface area contributed by atoms with Crippen molar-refractivity contribution >= 4 is 29.6 Å². The Hall–Kier alpha value is -1.56. The number of anilines is 2. The number of morpholine rings is 1. The van der Waals surface area contributed by atoms with Crippen molar-refractivity contribution in [2.45, 2.75) is 51.9 Å². The summed E-state index contributed by atoms with van der Waals surface area (Å²) < 4.78 is 5.57. The normalized spacial score (nSPS) is 22.3. The summed E-state index contributed by atoms with van der Waals surface area (Å²) >= 11 is 0. The van der Waals surface area contributed by atoms with E-state index in [4.69, 9.17) is 4.74 Å². The topological polar surface area (TPSA) is 36.0 Å². The molecule has 0 aromatic heterocycles. The van der Waals surface area contributed by atoms with Crippen LogP contribution in [-0.4, -0.2) is 69.7 Å². The Morgan fingerprint density at radius 1 is 1.03 bits per heavy atom. The van der Waals surface area contributed by atoms with Gasteiger partial charge < -0.3 is 14.5 Å². The minimum Gasteiger partial charge on any atom is -0.378 e. The monoisotopic (exact) mass is 461 g/mol. The molecule has 6 heteroatoms. The maximum absolute atomic E-state index is 11.9. The summed E-state index contributed by atoms with van der Waals surface area (Å²) in [5.74, 6) is 0.954. The van der Waals surface area contributed by atoms with Crippen LogP contribution in [0.25, 0.3) is 0 Å². The summed E-state index contributed by atoms with van der Waals surface area (Å²) in [5, 5.41) is 0. The first-order valence-electron chi connectivity index (χ1n) is 12.3. The molecule has 2 saturated heterocycles. The van der Waals surface area contributed by atoms with Crippen molar-refractivity contribution in [2.24, 2.45) is 0 Å². The van der Waals surface area contributed by atoms with E-state index in [2.05, 4.69) is 45.9 Å². The zero-order valence-corrected chi connectivity index (χ0v) is 20.7. The first-order chi connectivity index (χ1) is 15.2. The molecule has 1 unspecified atom stereocenters. The Balaban J connectivity index is 0.00000289. The smallest absolute Gasteiger partial charge is 0.146 e. The Bertz CT molecular complexity index is 783. The zero-order chi connectivity index (χ0) is 21.6. The lowest BCUT2D eigenvalue weighted by Gasteiger charge is -2.38. The lowest BCUT2D eigenvalue weighted by molar-refractivity contribution is -0.119. The van der Waals surface area contributed by atoms with Crippen LogP contribution in [-0.2, 0) is 9.53 Å². The highest BCUT2D eigenvalue weighted by Crippen LogP contribution is 2.40. The second-order valence-electron chi connectivity index (χ2n) is 9.19. The van der Waals surface area contributed by atoms with Gasteiger partial charge in [0, 0.05) is 57.1 Å². The first-order valence-corrected chi connectivity index (χ1v) is 12.3. The van der Waals surface area contributed by atoms with Crippen LogP contribution in [0.5, 0.6) is 0 Å². The molecule has 2 heterocycles. The number of ketones is 1. The molecule has 0 saturated carbocycles. The van der Waals surface area contributed by atoms with Crippen molar-refractivity contribution in [1.82, 2.24) is 4.90 Å². The number of Topliss-reactive ketones (excluding diaryl/α,β-unsaturated/α-hetero) is 1. The molecule has 5 nitrogen and oxygen atoms in total. The second kappa shape index (κ2) is 12.1. The molecule has 2 aliphatic heterocycles. The van der Waals surface area contributed by atoms with Gasteiger partial charge in [0.2, 0.25) is 0 Å². The standard InChI is InChI=1S/C26H39N3O2.ClH/c1-3-21-5-7-22(8-6-21)25-19-23(28-15-17-31-18-16-28)9-10-26(25)29-13-11-27(12-14-29)20-24(30)4-2;/h5,9-10,19,22H,3-4,6-8,11-18,20H2,1-2H3;1H. The minimum atomic E-state index is 0. The van der Waals surface area contributed by atoms with Crippen LogP contribution in [0, 0.1) is 0 Å². The maximum Gasteiger partial charge on any atom is 0.146 e. The summed E-state index contributed by atoms with van der Waals surface area (Å²) in [7, 11) is 0. The molecule has 0 radical (unpaired) electrons. The third kappa shape index (κ3) is 6.06. The van der Waals surface area contributed by atoms with E-state index < -0.39 is 0 Å². The van der Waals surface area contributed by atoms with Crippen LogP contribution in [0.3, 0.4) is 0 Å². The highest BCUT2D eigenvalue weighted by molar-refractivity contribution is 5.85. The van der Waals surface area contributed by atoms with Gasteiger partial charge in [0.05, 0.1) is 19.8 Å². The molecule has 2 fully saturated rings. The molecular formula is C26H40ClN3O2. The Morgan fingerprint density at radius 3 is 2.41 bits per heavy atom. The molecule has 1 aromatic carbocycles. The van der Waals surface area contributed by atoms with E-state index in [9.17, 15) is 4.79 Å². The molecule has 32 heavy (non-hydrogen) atoms. The van der Waals surface area contributed by atoms with E-state index in [0.717, 1.165) is 58.9 Å². The molecule has 4 rings (SSSR count). The van der Waals surface area contributed by atoms with Crippen LogP contribution in [0.1, 0.15) is 57.4 Å². The molecule has 0 bridgehead atoms. The number of piperazine rings is 1. The Morgan fingerprint density at radius 2 is 1.78 bits per heavy atom. The first kappa shape index (κ1) is 25.1. The summed E-state index contributed by atoms with van der Waals surface area (Å²) in [6.07, 6.45) is 7.97. The molecule has 0 amide bonds. The molecule has 1 aromatic rings. The van der Waals surface area contributed by atoms with Gasteiger partial charge in [-0.3, -0.25) is 9.69 Å². The van der Waals surface area contributed by atoms with Crippen LogP contribution in [0.4, 0.5) is 11.4 Å². The highest BCUT2D eigenvalue weighted by Gasteiger charge is 2.25. The Kier molecular flexibility index (Phi) is 9.45. The Labute approximate surface area is 200 Å². The van der Waals surface area contributed by atoms with Gasteiger partial charge in [-0.25, -0.2) is 0 Å². The molecule has 178 valence electrons. The number of benzene rings is 1. The van der Waals surface area contributed by atoms with Crippen molar-refractivity contribution in [2.75, 3.05) is 68.8 Å². The number of allylic oxidation sites excluding steroid dienone is 2. The van der Waals surface area contributed by atoms with E-state index in [1.165, 1.54) is 36.2 Å². The lowest BCUT2D eigenvalue weighted by atomic mass is 9.82. The summed E-state index contributed by atoms with van der Waals surface area (Å²) in [5.41, 5.74) is 5.90. The summed E-state index contributed by atoms with van der Waals surface area (Å²) in [4.78, 5) is 19.2. The molecule has 0 spiro atoms. The van der Waals surface area contributed by atoms with E-state index in [-0.39, 0.29) is 12.4 Å². The van der Waals surface area contributed by atoms with E-state index in [0.29, 0.717) is 24.7 Å². The van der Waals surface area contributed by atoms with E-state index in [1.54, 1.807) is 5.57 Å². The lowest BCUT2D eigenvalue weighted by Crippen LogP contribution is -2.48. The largest absolute Gasteiger partial charge is 0.378 e. The second-order valence-corrected chi connectivity index (χ2v) is 9.19. The molecule has 1 aliphatic carbocycles. The average Bonchev–Trinajstić information content (AvgIpc) is 2.85. The van der Waals surface area contributed by atoms with Gasteiger partial charge in [0.15, 0.2) is 0 Å². The summed E-state index contributed by atoms with van der Waals surface area (Å²) in [6, 6.07) is 7.16. The predicted molar refractivity (Wildman–Crippen MR) is 136 cm³/mol. The van der Waals surface area contributed by atoms with Gasteiger partial charge in [-0.15, -0.1) is 12.4 Å². The third-order valence-corrected chi connectivity index (χ3v) is 7.29. The zero-order valence-electron chi connectivity index (χ0n) is 19.9. The molecule has 0 N–H and O–H groups in total. The van der Waals surface area contributed by atoms with Crippen molar-refractivity contribution in [3.63, 3.8) is 0 Å². The minimum absolute atomic E-state index is 0.